The van der Waals surface area contributed by atoms with Gasteiger partial charge in [0.15, 0.2) is 0 Å². The van der Waals surface area contributed by atoms with Gasteiger partial charge >= 0.3 is 6.01 Å². The highest BCUT2D eigenvalue weighted by molar-refractivity contribution is 5.35. The molecule has 0 radical (unpaired) electrons. The Morgan fingerprint density at radius 3 is 2.40 bits per heavy atom. The van der Waals surface area contributed by atoms with Crippen molar-refractivity contribution in [1.82, 2.24) is 15.0 Å². The molecule has 1 aromatic rings. The molecule has 1 atom stereocenters. The molecule has 1 saturated carbocycles. The van der Waals surface area contributed by atoms with Gasteiger partial charge < -0.3 is 20.5 Å². The number of aliphatic hydroxyl groups excluding tert-OH is 1. The van der Waals surface area contributed by atoms with Gasteiger partial charge in [-0.3, -0.25) is 0 Å². The van der Waals surface area contributed by atoms with Gasteiger partial charge in [0.05, 0.1) is 12.2 Å². The first kappa shape index (κ1) is 14.8. The highest BCUT2D eigenvalue weighted by atomic mass is 16.5. The summed E-state index contributed by atoms with van der Waals surface area (Å²) >= 11 is 0. The van der Waals surface area contributed by atoms with Gasteiger partial charge in [-0.2, -0.15) is 15.0 Å². The number of hydrogen-bond donors (Lipinski definition) is 3. The molecule has 3 N–H and O–H groups in total. The number of anilines is 2. The Morgan fingerprint density at radius 2 is 1.85 bits per heavy atom. The molecular formula is C13H23N5O2. The highest BCUT2D eigenvalue weighted by Crippen LogP contribution is 2.32. The third kappa shape index (κ3) is 4.48. The smallest absolute Gasteiger partial charge is 0.323 e. The Bertz CT molecular complexity index is 437. The quantitative estimate of drug-likeness (QED) is 0.661. The maximum absolute atomic E-state index is 9.86. The molecular weight excluding hydrogens is 258 g/mol. The molecule has 2 rings (SSSR count). The second-order valence-corrected chi connectivity index (χ2v) is 5.25. The Labute approximate surface area is 119 Å². The molecule has 20 heavy (non-hydrogen) atoms. The van der Waals surface area contributed by atoms with E-state index >= 15 is 0 Å². The molecule has 0 saturated heterocycles. The van der Waals surface area contributed by atoms with Gasteiger partial charge in [0, 0.05) is 13.1 Å². The zero-order valence-electron chi connectivity index (χ0n) is 12.3. The van der Waals surface area contributed by atoms with E-state index in [0.717, 1.165) is 19.4 Å². The van der Waals surface area contributed by atoms with Gasteiger partial charge in [-0.05, 0) is 39.5 Å². The monoisotopic (exact) mass is 281 g/mol. The van der Waals surface area contributed by atoms with E-state index in [2.05, 4.69) is 25.6 Å². The van der Waals surface area contributed by atoms with Crippen LogP contribution >= 0.6 is 0 Å². The van der Waals surface area contributed by atoms with Crippen molar-refractivity contribution in [3.63, 3.8) is 0 Å². The normalized spacial score (nSPS) is 16.1. The maximum atomic E-state index is 9.86. The maximum Gasteiger partial charge on any atom is 0.323 e. The van der Waals surface area contributed by atoms with E-state index in [-0.39, 0.29) is 18.2 Å². The van der Waals surface area contributed by atoms with Crippen LogP contribution in [0.3, 0.4) is 0 Å². The molecule has 1 unspecified atom stereocenters. The summed E-state index contributed by atoms with van der Waals surface area (Å²) in [7, 11) is 0. The molecule has 0 aromatic carbocycles. The molecule has 112 valence electrons. The van der Waals surface area contributed by atoms with Crippen LogP contribution in [0.15, 0.2) is 0 Å². The van der Waals surface area contributed by atoms with Crippen LogP contribution in [0.25, 0.3) is 0 Å². The molecule has 1 fully saturated rings. The van der Waals surface area contributed by atoms with Crippen LogP contribution in [0.5, 0.6) is 6.01 Å². The van der Waals surface area contributed by atoms with Gasteiger partial charge in [-0.1, -0.05) is 0 Å². The van der Waals surface area contributed by atoms with Gasteiger partial charge in [-0.25, -0.2) is 0 Å². The minimum Gasteiger partial charge on any atom is -0.461 e. The van der Waals surface area contributed by atoms with E-state index in [1.807, 2.05) is 20.8 Å². The highest BCUT2D eigenvalue weighted by Gasteiger charge is 2.29. The molecule has 1 aromatic heterocycles. The van der Waals surface area contributed by atoms with Crippen LogP contribution in [-0.4, -0.2) is 45.4 Å². The predicted octanol–water partition coefficient (Wildman–Crippen LogP) is 1.27. The van der Waals surface area contributed by atoms with E-state index < -0.39 is 0 Å². The van der Waals surface area contributed by atoms with E-state index in [0.29, 0.717) is 24.4 Å². The Hall–Kier alpha value is -1.63. The fourth-order valence-corrected chi connectivity index (χ4v) is 1.78. The summed E-state index contributed by atoms with van der Waals surface area (Å²) in [5.74, 6) is 1.32. The minimum absolute atomic E-state index is 0.00298. The molecule has 7 nitrogen and oxygen atoms in total. The van der Waals surface area contributed by atoms with Crippen molar-refractivity contribution >= 4 is 11.9 Å². The predicted molar refractivity (Wildman–Crippen MR) is 77.0 cm³/mol. The molecule has 0 bridgehead atoms. The van der Waals surface area contributed by atoms with Gasteiger partial charge in [0.25, 0.3) is 0 Å². The summed E-state index contributed by atoms with van der Waals surface area (Å²) in [4.78, 5) is 12.6. The van der Waals surface area contributed by atoms with Crippen LogP contribution < -0.4 is 15.4 Å². The Morgan fingerprint density at radius 1 is 1.20 bits per heavy atom. The topological polar surface area (TPSA) is 92.2 Å². The first-order valence-electron chi connectivity index (χ1n) is 7.17. The standard InChI is InChI=1S/C13H23N5O2/c1-4-14-11-16-12(15-7-10(19)9-5-6-9)18-13(17-11)20-8(2)3/h8-10,19H,4-7H2,1-3H3,(H2,14,15,16,17,18). The van der Waals surface area contributed by atoms with Crippen LogP contribution in [0.4, 0.5) is 11.9 Å². The second-order valence-electron chi connectivity index (χ2n) is 5.25. The van der Waals surface area contributed by atoms with E-state index in [1.54, 1.807) is 0 Å². The zero-order chi connectivity index (χ0) is 14.5. The molecule has 1 aliphatic rings. The third-order valence-electron chi connectivity index (χ3n) is 2.93. The summed E-state index contributed by atoms with van der Waals surface area (Å²) in [5.41, 5.74) is 0. The lowest BCUT2D eigenvalue weighted by Crippen LogP contribution is -2.23. The average molecular weight is 281 g/mol. The van der Waals surface area contributed by atoms with Crippen LogP contribution in [0, 0.1) is 5.92 Å². The lowest BCUT2D eigenvalue weighted by molar-refractivity contribution is 0.164. The van der Waals surface area contributed by atoms with Crippen LogP contribution in [0.1, 0.15) is 33.6 Å². The summed E-state index contributed by atoms with van der Waals surface area (Å²) in [6.07, 6.45) is 1.86. The average Bonchev–Trinajstić information content (AvgIpc) is 3.19. The van der Waals surface area contributed by atoms with Crippen molar-refractivity contribution in [3.8, 4) is 6.01 Å². The summed E-state index contributed by atoms with van der Waals surface area (Å²) in [6.45, 7) is 6.97. The van der Waals surface area contributed by atoms with Crippen molar-refractivity contribution in [2.75, 3.05) is 23.7 Å². The lowest BCUT2D eigenvalue weighted by Gasteiger charge is -2.13. The third-order valence-corrected chi connectivity index (χ3v) is 2.93. The summed E-state index contributed by atoms with van der Waals surface area (Å²) < 4.78 is 5.50. The molecule has 1 aliphatic carbocycles. The Balaban J connectivity index is 2.02. The van der Waals surface area contributed by atoms with Gasteiger partial charge in [-0.15, -0.1) is 0 Å². The van der Waals surface area contributed by atoms with E-state index in [4.69, 9.17) is 4.74 Å². The number of nitrogens with one attached hydrogen (secondary N) is 2. The van der Waals surface area contributed by atoms with Crippen LogP contribution in [0.2, 0.25) is 0 Å². The second kappa shape index (κ2) is 6.69. The summed E-state index contributed by atoms with van der Waals surface area (Å²) in [5, 5.41) is 15.9. The number of hydrogen-bond acceptors (Lipinski definition) is 7. The number of aliphatic hydroxyl groups is 1. The fraction of sp³-hybridized carbons (Fsp3) is 0.769. The number of nitrogens with zero attached hydrogens (tertiary/aromatic N) is 3. The number of rotatable bonds is 8. The zero-order valence-corrected chi connectivity index (χ0v) is 12.3. The lowest BCUT2D eigenvalue weighted by atomic mass is 10.2. The molecule has 0 aliphatic heterocycles. The minimum atomic E-state index is -0.344. The van der Waals surface area contributed by atoms with Crippen molar-refractivity contribution in [1.29, 1.82) is 0 Å². The van der Waals surface area contributed by atoms with Gasteiger partial charge in [0.1, 0.15) is 0 Å². The molecule has 0 amide bonds. The first-order valence-corrected chi connectivity index (χ1v) is 7.17. The van der Waals surface area contributed by atoms with E-state index in [9.17, 15) is 5.11 Å². The molecule has 1 heterocycles. The SMILES string of the molecule is CCNc1nc(NCC(O)C2CC2)nc(OC(C)C)n1. The Kier molecular flexibility index (Phi) is 4.94. The number of aromatic nitrogens is 3. The van der Waals surface area contributed by atoms with Gasteiger partial charge in [0.2, 0.25) is 11.9 Å². The fourth-order valence-electron chi connectivity index (χ4n) is 1.78. The van der Waals surface area contributed by atoms with Crippen molar-refractivity contribution in [2.45, 2.75) is 45.8 Å². The number of ether oxygens (including phenoxy) is 1. The largest absolute Gasteiger partial charge is 0.461 e. The van der Waals surface area contributed by atoms with Crippen LogP contribution in [-0.2, 0) is 0 Å². The van der Waals surface area contributed by atoms with Crippen molar-refractivity contribution in [2.24, 2.45) is 5.92 Å². The molecule has 0 spiro atoms. The van der Waals surface area contributed by atoms with Crippen molar-refractivity contribution < 1.29 is 9.84 Å². The van der Waals surface area contributed by atoms with Crippen molar-refractivity contribution in [3.05, 3.63) is 0 Å². The first-order chi connectivity index (χ1) is 9.58. The van der Waals surface area contributed by atoms with E-state index in [1.165, 1.54) is 0 Å². The molecule has 7 heteroatoms. The summed E-state index contributed by atoms with van der Waals surface area (Å²) in [6, 6.07) is 0.286.